The zero-order chi connectivity index (χ0) is 24.0. The number of Topliss-reactive ketones (excluding diaryl/α,β-unsaturated/α-hetero) is 1. The van der Waals surface area contributed by atoms with E-state index in [0.29, 0.717) is 0 Å². The number of carbonyl (C=O) groups excluding carboxylic acids is 1. The quantitative estimate of drug-likeness (QED) is 0.256. The summed E-state index contributed by atoms with van der Waals surface area (Å²) in [4.78, 5) is 13.3. The molecule has 178 valence electrons. The van der Waals surface area contributed by atoms with Gasteiger partial charge in [-0.15, -0.1) is 0 Å². The number of phenols is 4. The van der Waals surface area contributed by atoms with Crippen molar-refractivity contribution in [3.8, 4) is 28.7 Å². The highest BCUT2D eigenvalue weighted by molar-refractivity contribution is 6.05. The van der Waals surface area contributed by atoms with Crippen molar-refractivity contribution in [2.45, 2.75) is 42.9 Å². The van der Waals surface area contributed by atoms with Crippen LogP contribution in [-0.2, 0) is 9.47 Å². The first-order valence-corrected chi connectivity index (χ1v) is 9.87. The molecule has 2 aromatic carbocycles. The first kappa shape index (κ1) is 23.0. The summed E-state index contributed by atoms with van der Waals surface area (Å²) in [6.45, 7) is -0.724. The zero-order valence-corrected chi connectivity index (χ0v) is 16.8. The summed E-state index contributed by atoms with van der Waals surface area (Å²) >= 11 is 0. The topological polar surface area (TPSA) is 207 Å². The number of aliphatic hydroxyl groups is 4. The van der Waals surface area contributed by atoms with Gasteiger partial charge >= 0.3 is 0 Å². The second kappa shape index (κ2) is 8.67. The number of ketones is 1. The van der Waals surface area contributed by atoms with E-state index >= 15 is 0 Å². The molecular weight excluding hydrogens is 444 g/mol. The van der Waals surface area contributed by atoms with Gasteiger partial charge in [0, 0.05) is 12.1 Å². The van der Waals surface area contributed by atoms with Crippen LogP contribution in [0.3, 0.4) is 0 Å². The molecular formula is C21H22O12. The molecule has 2 aromatic rings. The maximum Gasteiger partial charge on any atom is 0.203 e. The number of carbonyl (C=O) groups is 1. The van der Waals surface area contributed by atoms with Crippen LogP contribution < -0.4 is 4.74 Å². The molecule has 33 heavy (non-hydrogen) atoms. The molecule has 0 saturated carbocycles. The fourth-order valence-electron chi connectivity index (χ4n) is 3.82. The Morgan fingerprint density at radius 2 is 1.61 bits per heavy atom. The largest absolute Gasteiger partial charge is 0.508 e. The molecule has 2 aliphatic heterocycles. The van der Waals surface area contributed by atoms with Crippen molar-refractivity contribution in [1.29, 1.82) is 0 Å². The van der Waals surface area contributed by atoms with Crippen molar-refractivity contribution in [2.75, 3.05) is 6.61 Å². The van der Waals surface area contributed by atoms with Gasteiger partial charge in [0.25, 0.3) is 0 Å². The van der Waals surface area contributed by atoms with Crippen molar-refractivity contribution in [3.63, 3.8) is 0 Å². The average molecular weight is 466 g/mol. The highest BCUT2D eigenvalue weighted by Gasteiger charge is 2.49. The van der Waals surface area contributed by atoms with Crippen LogP contribution >= 0.6 is 0 Å². The second-order valence-electron chi connectivity index (χ2n) is 7.74. The van der Waals surface area contributed by atoms with E-state index in [-0.39, 0.29) is 22.6 Å². The molecule has 0 aromatic heterocycles. The highest BCUT2D eigenvalue weighted by Crippen LogP contribution is 2.44. The van der Waals surface area contributed by atoms with Crippen LogP contribution in [0.4, 0.5) is 0 Å². The van der Waals surface area contributed by atoms with E-state index in [1.165, 1.54) is 6.07 Å². The van der Waals surface area contributed by atoms with E-state index in [1.54, 1.807) is 0 Å². The third-order valence-electron chi connectivity index (χ3n) is 5.56. The lowest BCUT2D eigenvalue weighted by molar-refractivity contribution is -0.311. The van der Waals surface area contributed by atoms with Gasteiger partial charge in [0.05, 0.1) is 6.61 Å². The summed E-state index contributed by atoms with van der Waals surface area (Å²) in [5, 5.41) is 79.2. The van der Waals surface area contributed by atoms with Crippen molar-refractivity contribution in [3.05, 3.63) is 41.5 Å². The highest BCUT2D eigenvalue weighted by atomic mass is 16.7. The average Bonchev–Trinajstić information content (AvgIpc) is 2.76. The van der Waals surface area contributed by atoms with Gasteiger partial charge in [-0.25, -0.2) is 0 Å². The molecule has 0 radical (unpaired) electrons. The van der Waals surface area contributed by atoms with Crippen molar-refractivity contribution >= 4 is 5.78 Å². The van der Waals surface area contributed by atoms with Crippen LogP contribution in [0.25, 0.3) is 0 Å². The third kappa shape index (κ3) is 4.04. The maximum atomic E-state index is 13.3. The number of phenolic OH excluding ortho intramolecular Hbond substituents is 4. The Morgan fingerprint density at radius 3 is 2.27 bits per heavy atom. The number of rotatable bonds is 4. The van der Waals surface area contributed by atoms with E-state index in [9.17, 15) is 45.6 Å². The molecule has 8 N–H and O–H groups in total. The standard InChI is InChI=1S/C21H22O12/c22-6-13-15(27)17(29)18(30)21(32-13)33-20-16(28)14-11(26)4-8(23)5-12(14)31-19(20)7-1-2-9(24)10(25)3-7/h1-5,13,15,17-27,29-30H,6H2/t13-,15+,17+,18-,19-,20-,21+/m0/s1. The number of ether oxygens (including phenoxy) is 3. The van der Waals surface area contributed by atoms with Crippen molar-refractivity contribution < 1.29 is 59.9 Å². The first-order valence-electron chi connectivity index (χ1n) is 9.87. The lowest BCUT2D eigenvalue weighted by atomic mass is 9.92. The molecule has 1 saturated heterocycles. The predicted octanol–water partition coefficient (Wildman–Crippen LogP) is -0.990. The summed E-state index contributed by atoms with van der Waals surface area (Å²) < 4.78 is 16.7. The molecule has 2 aliphatic rings. The van der Waals surface area contributed by atoms with E-state index in [4.69, 9.17) is 14.2 Å². The summed E-state index contributed by atoms with van der Waals surface area (Å²) in [5.74, 6) is -3.00. The number of benzene rings is 2. The number of aromatic hydroxyl groups is 4. The Kier molecular flexibility index (Phi) is 6.05. The van der Waals surface area contributed by atoms with Crippen LogP contribution in [0.2, 0.25) is 0 Å². The van der Waals surface area contributed by atoms with Gasteiger partial charge < -0.3 is 55.1 Å². The minimum atomic E-state index is -1.82. The van der Waals surface area contributed by atoms with Crippen LogP contribution in [0.15, 0.2) is 30.3 Å². The fourth-order valence-corrected chi connectivity index (χ4v) is 3.82. The molecule has 0 aliphatic carbocycles. The molecule has 4 rings (SSSR count). The van der Waals surface area contributed by atoms with Gasteiger partial charge in [0.1, 0.15) is 47.2 Å². The zero-order valence-electron chi connectivity index (χ0n) is 16.8. The smallest absolute Gasteiger partial charge is 0.203 e. The van der Waals surface area contributed by atoms with Gasteiger partial charge in [0.2, 0.25) is 5.78 Å². The normalized spacial score (nSPS) is 31.6. The fraction of sp³-hybridized carbons (Fsp3) is 0.381. The Labute approximate surface area is 186 Å². The van der Waals surface area contributed by atoms with E-state index < -0.39 is 72.6 Å². The number of hydrogen-bond acceptors (Lipinski definition) is 12. The molecule has 12 heteroatoms. The Hall–Kier alpha value is -3.13. The predicted molar refractivity (Wildman–Crippen MR) is 106 cm³/mol. The Bertz CT molecular complexity index is 1050. The van der Waals surface area contributed by atoms with Gasteiger partial charge in [-0.2, -0.15) is 0 Å². The monoisotopic (exact) mass is 466 g/mol. The van der Waals surface area contributed by atoms with Crippen LogP contribution in [-0.4, -0.2) is 90.1 Å². The molecule has 0 unspecified atom stereocenters. The van der Waals surface area contributed by atoms with E-state index in [1.807, 2.05) is 0 Å². The number of aliphatic hydroxyl groups excluding tert-OH is 4. The second-order valence-corrected chi connectivity index (χ2v) is 7.74. The SMILES string of the molecule is O=C1c2c(O)cc(O)cc2O[C@@H](c2ccc(O)c(O)c2)[C@H]1O[C@H]1O[C@@H](CO)[C@@H](O)[C@@H](O)[C@@H]1O. The van der Waals surface area contributed by atoms with Gasteiger partial charge in [-0.05, 0) is 17.7 Å². The van der Waals surface area contributed by atoms with Gasteiger partial charge in [0.15, 0.2) is 30.0 Å². The van der Waals surface area contributed by atoms with Crippen LogP contribution in [0, 0.1) is 0 Å². The molecule has 0 amide bonds. The maximum absolute atomic E-state index is 13.3. The lowest BCUT2D eigenvalue weighted by Crippen LogP contribution is -2.60. The van der Waals surface area contributed by atoms with Gasteiger partial charge in [-0.1, -0.05) is 6.07 Å². The van der Waals surface area contributed by atoms with Crippen LogP contribution in [0.1, 0.15) is 22.0 Å². The van der Waals surface area contributed by atoms with Crippen molar-refractivity contribution in [1.82, 2.24) is 0 Å². The third-order valence-corrected chi connectivity index (χ3v) is 5.56. The molecule has 1 fully saturated rings. The Morgan fingerprint density at radius 1 is 0.879 bits per heavy atom. The minimum absolute atomic E-state index is 0.140. The van der Waals surface area contributed by atoms with Crippen LogP contribution in [0.5, 0.6) is 28.7 Å². The molecule has 12 nitrogen and oxygen atoms in total. The van der Waals surface area contributed by atoms with E-state index in [2.05, 4.69) is 0 Å². The number of fused-ring (bicyclic) bond motifs is 1. The Balaban J connectivity index is 1.75. The number of hydrogen-bond donors (Lipinski definition) is 8. The minimum Gasteiger partial charge on any atom is -0.508 e. The van der Waals surface area contributed by atoms with Crippen molar-refractivity contribution in [2.24, 2.45) is 0 Å². The first-order chi connectivity index (χ1) is 15.6. The molecule has 7 atom stereocenters. The molecule has 2 heterocycles. The molecule has 0 spiro atoms. The lowest BCUT2D eigenvalue weighted by Gasteiger charge is -2.42. The summed E-state index contributed by atoms with van der Waals surface area (Å²) in [7, 11) is 0. The summed E-state index contributed by atoms with van der Waals surface area (Å²) in [6.07, 6.45) is -11.2. The van der Waals surface area contributed by atoms with E-state index in [0.717, 1.165) is 24.3 Å². The molecule has 0 bridgehead atoms. The summed E-state index contributed by atoms with van der Waals surface area (Å²) in [5.41, 5.74) is -0.191. The van der Waals surface area contributed by atoms with Gasteiger partial charge in [-0.3, -0.25) is 4.79 Å². The summed E-state index contributed by atoms with van der Waals surface area (Å²) in [6, 6.07) is 5.57.